The number of hydrogen-bond acceptors (Lipinski definition) is 3. The lowest BCUT2D eigenvalue weighted by molar-refractivity contribution is -0.144. The van der Waals surface area contributed by atoms with E-state index in [0.29, 0.717) is 25.7 Å². The van der Waals surface area contributed by atoms with Gasteiger partial charge in [0.05, 0.1) is 12.1 Å². The van der Waals surface area contributed by atoms with Gasteiger partial charge in [-0.25, -0.2) is 0 Å². The largest absolute Gasteiger partial charge is 0.387 e. The Kier molecular flexibility index (Phi) is 4.85. The van der Waals surface area contributed by atoms with Crippen LogP contribution >= 0.6 is 0 Å². The predicted molar refractivity (Wildman–Crippen MR) is 75.9 cm³/mol. The van der Waals surface area contributed by atoms with Crippen molar-refractivity contribution in [1.29, 1.82) is 0 Å². The zero-order valence-electron chi connectivity index (χ0n) is 12.4. The Morgan fingerprint density at radius 2 is 1.89 bits per heavy atom. The summed E-state index contributed by atoms with van der Waals surface area (Å²) in [5.74, 6) is 0.243. The highest BCUT2D eigenvalue weighted by atomic mass is 16.3. The maximum Gasteiger partial charge on any atom is 0.236 e. The van der Waals surface area contributed by atoms with Gasteiger partial charge in [0, 0.05) is 25.7 Å². The van der Waals surface area contributed by atoms with E-state index in [0.717, 1.165) is 13.0 Å². The minimum absolute atomic E-state index is 0.243. The Balaban J connectivity index is 1.81. The predicted octanol–water partition coefficient (Wildman–Crippen LogP) is 1.62. The summed E-state index contributed by atoms with van der Waals surface area (Å²) >= 11 is 0. The molecule has 1 aliphatic carbocycles. The summed E-state index contributed by atoms with van der Waals surface area (Å²) in [4.78, 5) is 16.5. The van der Waals surface area contributed by atoms with E-state index in [9.17, 15) is 9.90 Å². The average molecular weight is 268 g/mol. The zero-order chi connectivity index (χ0) is 13.9. The van der Waals surface area contributed by atoms with E-state index in [1.165, 1.54) is 32.1 Å². The van der Waals surface area contributed by atoms with Gasteiger partial charge in [0.15, 0.2) is 0 Å². The first-order valence-corrected chi connectivity index (χ1v) is 7.82. The molecule has 0 atom stereocenters. The van der Waals surface area contributed by atoms with Crippen LogP contribution in [0.5, 0.6) is 0 Å². The number of rotatable bonds is 5. The average Bonchev–Trinajstić information content (AvgIpc) is 2.39. The Hall–Kier alpha value is -0.610. The SMILES string of the molecule is CCN(C(=O)CN1CC(O)(CC)C1)C1CCCCC1. The molecule has 2 aliphatic rings. The third kappa shape index (κ3) is 3.48. The zero-order valence-corrected chi connectivity index (χ0v) is 12.4. The maximum absolute atomic E-state index is 12.4. The molecular formula is C15H28N2O2. The molecule has 1 aliphatic heterocycles. The highest BCUT2D eigenvalue weighted by molar-refractivity contribution is 5.78. The van der Waals surface area contributed by atoms with Gasteiger partial charge in [-0.05, 0) is 26.2 Å². The number of likely N-dealkylation sites (N-methyl/N-ethyl adjacent to an activating group) is 1. The van der Waals surface area contributed by atoms with Gasteiger partial charge in [-0.3, -0.25) is 9.69 Å². The van der Waals surface area contributed by atoms with Crippen LogP contribution in [0.15, 0.2) is 0 Å². The van der Waals surface area contributed by atoms with E-state index in [1.54, 1.807) is 0 Å². The summed E-state index contributed by atoms with van der Waals surface area (Å²) in [7, 11) is 0. The number of nitrogens with zero attached hydrogens (tertiary/aromatic N) is 2. The summed E-state index contributed by atoms with van der Waals surface area (Å²) in [6, 6.07) is 0.456. The van der Waals surface area contributed by atoms with Gasteiger partial charge >= 0.3 is 0 Å². The normalized spacial score (nSPS) is 23.9. The highest BCUT2D eigenvalue weighted by Crippen LogP contribution is 2.25. The molecule has 0 bridgehead atoms. The number of carbonyl (C=O) groups excluding carboxylic acids is 1. The molecular weight excluding hydrogens is 240 g/mol. The monoisotopic (exact) mass is 268 g/mol. The first-order valence-electron chi connectivity index (χ1n) is 7.82. The van der Waals surface area contributed by atoms with E-state index >= 15 is 0 Å². The van der Waals surface area contributed by atoms with Crippen LogP contribution in [0.4, 0.5) is 0 Å². The quantitative estimate of drug-likeness (QED) is 0.824. The van der Waals surface area contributed by atoms with Crippen molar-refractivity contribution in [1.82, 2.24) is 9.80 Å². The molecule has 0 aromatic heterocycles. The van der Waals surface area contributed by atoms with Crippen LogP contribution in [0.25, 0.3) is 0 Å². The van der Waals surface area contributed by atoms with Crippen molar-refractivity contribution in [2.75, 3.05) is 26.2 Å². The van der Waals surface area contributed by atoms with Gasteiger partial charge in [0.2, 0.25) is 5.91 Å². The smallest absolute Gasteiger partial charge is 0.236 e. The summed E-state index contributed by atoms with van der Waals surface area (Å²) in [5.41, 5.74) is -0.540. The number of likely N-dealkylation sites (tertiary alicyclic amines) is 1. The van der Waals surface area contributed by atoms with Crippen molar-refractivity contribution < 1.29 is 9.90 Å². The second kappa shape index (κ2) is 6.23. The van der Waals surface area contributed by atoms with Gasteiger partial charge in [0.25, 0.3) is 0 Å². The van der Waals surface area contributed by atoms with Gasteiger partial charge < -0.3 is 10.0 Å². The Morgan fingerprint density at radius 3 is 2.42 bits per heavy atom. The minimum atomic E-state index is -0.540. The van der Waals surface area contributed by atoms with Crippen LogP contribution in [0.3, 0.4) is 0 Å². The molecule has 4 heteroatoms. The Bertz CT molecular complexity index is 307. The fraction of sp³-hybridized carbons (Fsp3) is 0.933. The van der Waals surface area contributed by atoms with Crippen molar-refractivity contribution in [3.63, 3.8) is 0 Å². The van der Waals surface area contributed by atoms with Crippen LogP contribution in [0.1, 0.15) is 52.4 Å². The number of β-amino-alcohol motifs (C(OH)–C–C–N with tert-alkyl or cyclic N) is 1. The van der Waals surface area contributed by atoms with E-state index in [2.05, 4.69) is 16.7 Å². The lowest BCUT2D eigenvalue weighted by Gasteiger charge is -2.46. The summed E-state index contributed by atoms with van der Waals surface area (Å²) in [6.07, 6.45) is 6.94. The second-order valence-corrected chi connectivity index (χ2v) is 6.19. The fourth-order valence-electron chi connectivity index (χ4n) is 3.43. The molecule has 0 aromatic carbocycles. The van der Waals surface area contributed by atoms with E-state index in [4.69, 9.17) is 0 Å². The first kappa shape index (κ1) is 14.8. The van der Waals surface area contributed by atoms with Crippen LogP contribution in [-0.2, 0) is 4.79 Å². The Labute approximate surface area is 116 Å². The van der Waals surface area contributed by atoms with Gasteiger partial charge in [-0.1, -0.05) is 26.2 Å². The molecule has 110 valence electrons. The number of aliphatic hydroxyl groups is 1. The topological polar surface area (TPSA) is 43.8 Å². The molecule has 0 aromatic rings. The van der Waals surface area contributed by atoms with Crippen molar-refractivity contribution >= 4 is 5.91 Å². The number of amides is 1. The van der Waals surface area contributed by atoms with Gasteiger partial charge in [-0.15, -0.1) is 0 Å². The van der Waals surface area contributed by atoms with Crippen LogP contribution in [-0.4, -0.2) is 58.6 Å². The van der Waals surface area contributed by atoms with Crippen molar-refractivity contribution in [2.45, 2.75) is 64.0 Å². The molecule has 1 N–H and O–H groups in total. The Morgan fingerprint density at radius 1 is 1.26 bits per heavy atom. The van der Waals surface area contributed by atoms with Crippen LogP contribution in [0.2, 0.25) is 0 Å². The summed E-state index contributed by atoms with van der Waals surface area (Å²) in [5, 5.41) is 9.98. The standard InChI is InChI=1S/C15H28N2O2/c1-3-15(19)11-16(12-15)10-14(18)17(4-2)13-8-6-5-7-9-13/h13,19H,3-12H2,1-2H3. The molecule has 2 rings (SSSR count). The molecule has 1 saturated carbocycles. The van der Waals surface area contributed by atoms with Gasteiger partial charge in [-0.2, -0.15) is 0 Å². The third-order valence-corrected chi connectivity index (χ3v) is 4.73. The van der Waals surface area contributed by atoms with Crippen molar-refractivity contribution in [3.8, 4) is 0 Å². The molecule has 19 heavy (non-hydrogen) atoms. The first-order chi connectivity index (χ1) is 9.08. The molecule has 1 amide bonds. The van der Waals surface area contributed by atoms with E-state index in [-0.39, 0.29) is 5.91 Å². The second-order valence-electron chi connectivity index (χ2n) is 6.19. The van der Waals surface area contributed by atoms with E-state index < -0.39 is 5.60 Å². The summed E-state index contributed by atoms with van der Waals surface area (Å²) in [6.45, 7) is 6.67. The fourth-order valence-corrected chi connectivity index (χ4v) is 3.43. The summed E-state index contributed by atoms with van der Waals surface area (Å²) < 4.78 is 0. The lowest BCUT2D eigenvalue weighted by Crippen LogP contribution is -2.63. The van der Waals surface area contributed by atoms with E-state index in [1.807, 2.05) is 6.92 Å². The lowest BCUT2D eigenvalue weighted by atomic mass is 9.91. The highest BCUT2D eigenvalue weighted by Gasteiger charge is 2.40. The molecule has 0 spiro atoms. The van der Waals surface area contributed by atoms with Crippen LogP contribution < -0.4 is 0 Å². The van der Waals surface area contributed by atoms with Crippen molar-refractivity contribution in [2.24, 2.45) is 0 Å². The van der Waals surface area contributed by atoms with Gasteiger partial charge in [0.1, 0.15) is 0 Å². The number of hydrogen-bond donors (Lipinski definition) is 1. The molecule has 0 radical (unpaired) electrons. The molecule has 1 heterocycles. The molecule has 4 nitrogen and oxygen atoms in total. The minimum Gasteiger partial charge on any atom is -0.387 e. The maximum atomic E-state index is 12.4. The third-order valence-electron chi connectivity index (χ3n) is 4.73. The van der Waals surface area contributed by atoms with Crippen molar-refractivity contribution in [3.05, 3.63) is 0 Å². The molecule has 2 fully saturated rings. The molecule has 1 saturated heterocycles. The number of carbonyl (C=O) groups is 1. The van der Waals surface area contributed by atoms with Crippen LogP contribution in [0, 0.1) is 0 Å². The molecule has 0 unspecified atom stereocenters.